The molecule has 134 valence electrons. The van der Waals surface area contributed by atoms with E-state index in [4.69, 9.17) is 4.74 Å². The fourth-order valence-electron chi connectivity index (χ4n) is 3.31. The third kappa shape index (κ3) is 5.80. The third-order valence-corrected chi connectivity index (χ3v) is 4.37. The molecule has 24 heavy (non-hydrogen) atoms. The number of amides is 1. The summed E-state index contributed by atoms with van der Waals surface area (Å²) in [5.41, 5.74) is 6.68. The molecule has 5 nitrogen and oxygen atoms in total. The first-order valence-corrected chi connectivity index (χ1v) is 8.79. The summed E-state index contributed by atoms with van der Waals surface area (Å²) >= 11 is 0. The second-order valence-corrected chi connectivity index (χ2v) is 7.80. The van der Waals surface area contributed by atoms with Crippen molar-refractivity contribution in [3.63, 3.8) is 0 Å². The Kier molecular flexibility index (Phi) is 6.24. The van der Waals surface area contributed by atoms with Crippen LogP contribution in [0.4, 0.5) is 4.79 Å². The molecule has 0 aliphatic carbocycles. The maximum absolute atomic E-state index is 11.8. The number of hydrogen-bond donors (Lipinski definition) is 2. The van der Waals surface area contributed by atoms with Gasteiger partial charge in [0.15, 0.2) is 0 Å². The van der Waals surface area contributed by atoms with Crippen molar-refractivity contribution < 1.29 is 9.53 Å². The maximum atomic E-state index is 11.8. The van der Waals surface area contributed by atoms with Gasteiger partial charge in [-0.05, 0) is 53.0 Å². The quantitative estimate of drug-likeness (QED) is 0.829. The molecule has 1 unspecified atom stereocenters. The van der Waals surface area contributed by atoms with Crippen LogP contribution in [-0.4, -0.2) is 34.7 Å². The monoisotopic (exact) mass is 333 g/mol. The highest BCUT2D eigenvalue weighted by Gasteiger charge is 2.31. The molecule has 1 fully saturated rings. The van der Waals surface area contributed by atoms with Crippen LogP contribution in [0.5, 0.6) is 0 Å². The van der Waals surface area contributed by atoms with E-state index in [1.807, 2.05) is 20.8 Å². The number of hydrogen-bond acceptors (Lipinski definition) is 4. The number of carbonyl (C=O) groups excluding carboxylic acids is 1. The number of nitrogens with one attached hydrogen (secondary N) is 2. The zero-order valence-corrected chi connectivity index (χ0v) is 15.5. The van der Waals surface area contributed by atoms with Crippen LogP contribution in [-0.2, 0) is 11.3 Å². The highest BCUT2D eigenvalue weighted by atomic mass is 16.6. The van der Waals surface area contributed by atoms with Gasteiger partial charge in [0.1, 0.15) is 5.60 Å². The predicted molar refractivity (Wildman–Crippen MR) is 96.4 cm³/mol. The second-order valence-electron chi connectivity index (χ2n) is 7.80. The summed E-state index contributed by atoms with van der Waals surface area (Å²) < 4.78 is 5.26. The number of hydrazine groups is 1. The van der Waals surface area contributed by atoms with Crippen molar-refractivity contribution in [2.75, 3.05) is 0 Å². The summed E-state index contributed by atoms with van der Waals surface area (Å²) in [6, 6.07) is 11.7. The minimum absolute atomic E-state index is 0.259. The zero-order chi connectivity index (χ0) is 17.7. The van der Waals surface area contributed by atoms with Gasteiger partial charge in [-0.1, -0.05) is 30.3 Å². The van der Waals surface area contributed by atoms with Crippen LogP contribution in [0.2, 0.25) is 0 Å². The molecule has 2 N–H and O–H groups in total. The van der Waals surface area contributed by atoms with E-state index in [1.165, 1.54) is 5.56 Å². The van der Waals surface area contributed by atoms with Crippen molar-refractivity contribution in [3.05, 3.63) is 35.9 Å². The van der Waals surface area contributed by atoms with Crippen molar-refractivity contribution in [1.29, 1.82) is 0 Å². The topological polar surface area (TPSA) is 53.6 Å². The molecule has 2 rings (SSSR count). The fraction of sp³-hybridized carbons (Fsp3) is 0.632. The Morgan fingerprint density at radius 1 is 1.17 bits per heavy atom. The Hall–Kier alpha value is -1.59. The zero-order valence-electron chi connectivity index (χ0n) is 15.5. The van der Waals surface area contributed by atoms with Gasteiger partial charge in [0.2, 0.25) is 0 Å². The maximum Gasteiger partial charge on any atom is 0.422 e. The number of ether oxygens (including phenoxy) is 1. The predicted octanol–water partition coefficient (Wildman–Crippen LogP) is 3.46. The lowest BCUT2D eigenvalue weighted by molar-refractivity contribution is 0.0414. The minimum atomic E-state index is -0.481. The Bertz CT molecular complexity index is 515. The summed E-state index contributed by atoms with van der Waals surface area (Å²) in [6.07, 6.45) is 1.56. The van der Waals surface area contributed by atoms with Gasteiger partial charge in [0.25, 0.3) is 0 Å². The van der Waals surface area contributed by atoms with Crippen molar-refractivity contribution >= 4 is 6.09 Å². The lowest BCUT2D eigenvalue weighted by Gasteiger charge is -2.43. The Morgan fingerprint density at radius 2 is 1.75 bits per heavy atom. The van der Waals surface area contributed by atoms with E-state index in [9.17, 15) is 4.79 Å². The second kappa shape index (κ2) is 7.99. The first-order valence-electron chi connectivity index (χ1n) is 8.79. The molecule has 0 bridgehead atoms. The molecular weight excluding hydrogens is 302 g/mol. The first kappa shape index (κ1) is 18.7. The number of piperidine rings is 1. The summed E-state index contributed by atoms with van der Waals surface area (Å²) in [7, 11) is 0. The fourth-order valence-corrected chi connectivity index (χ4v) is 3.31. The van der Waals surface area contributed by atoms with E-state index in [0.717, 1.165) is 19.4 Å². The molecule has 0 aromatic heterocycles. The average Bonchev–Trinajstić information content (AvgIpc) is 2.48. The third-order valence-electron chi connectivity index (χ3n) is 4.37. The molecule has 1 aliphatic rings. The molecule has 1 aromatic carbocycles. The molecular formula is C19H31N3O2. The molecule has 1 saturated heterocycles. The van der Waals surface area contributed by atoms with Gasteiger partial charge >= 0.3 is 6.09 Å². The van der Waals surface area contributed by atoms with Gasteiger partial charge in [0.05, 0.1) is 0 Å². The normalized spacial score (nSPS) is 25.3. The van der Waals surface area contributed by atoms with Crippen molar-refractivity contribution in [3.8, 4) is 0 Å². The number of likely N-dealkylation sites (tertiary alicyclic amines) is 1. The molecule has 1 heterocycles. The van der Waals surface area contributed by atoms with Gasteiger partial charge in [-0.3, -0.25) is 10.3 Å². The molecule has 3 atom stereocenters. The Morgan fingerprint density at radius 3 is 2.29 bits per heavy atom. The van der Waals surface area contributed by atoms with Crippen LogP contribution in [0.25, 0.3) is 0 Å². The molecule has 0 spiro atoms. The summed E-state index contributed by atoms with van der Waals surface area (Å²) in [6.45, 7) is 11.0. The molecule has 0 radical (unpaired) electrons. The molecule has 1 amide bonds. The van der Waals surface area contributed by atoms with E-state index in [-0.39, 0.29) is 6.04 Å². The van der Waals surface area contributed by atoms with Crippen molar-refractivity contribution in [1.82, 2.24) is 15.8 Å². The minimum Gasteiger partial charge on any atom is -0.443 e. The lowest BCUT2D eigenvalue weighted by atomic mass is 9.92. The number of benzene rings is 1. The van der Waals surface area contributed by atoms with Gasteiger partial charge in [-0.25, -0.2) is 10.2 Å². The van der Waals surface area contributed by atoms with Crippen LogP contribution < -0.4 is 10.9 Å². The number of carbonyl (C=O) groups is 1. The summed E-state index contributed by atoms with van der Waals surface area (Å²) in [5.74, 6) is 0. The van der Waals surface area contributed by atoms with E-state index in [0.29, 0.717) is 12.1 Å². The van der Waals surface area contributed by atoms with E-state index >= 15 is 0 Å². The molecule has 0 saturated carbocycles. The number of rotatable bonds is 4. The molecule has 1 aromatic rings. The highest BCUT2D eigenvalue weighted by molar-refractivity contribution is 5.67. The van der Waals surface area contributed by atoms with Crippen molar-refractivity contribution in [2.45, 2.75) is 77.7 Å². The van der Waals surface area contributed by atoms with Gasteiger partial charge in [0, 0.05) is 24.7 Å². The van der Waals surface area contributed by atoms with Crippen LogP contribution in [0.3, 0.4) is 0 Å². The van der Waals surface area contributed by atoms with Gasteiger partial charge < -0.3 is 4.74 Å². The molecule has 5 heteroatoms. The Balaban J connectivity index is 1.83. The largest absolute Gasteiger partial charge is 0.443 e. The molecule has 1 aliphatic heterocycles. The van der Waals surface area contributed by atoms with Crippen molar-refractivity contribution in [2.24, 2.45) is 0 Å². The van der Waals surface area contributed by atoms with Crippen LogP contribution in [0.15, 0.2) is 30.3 Å². The first-order chi connectivity index (χ1) is 11.2. The average molecular weight is 333 g/mol. The SMILES string of the molecule is C[C@@H]1CC(NNC(=O)OC(C)(C)C)C[C@H](C)N1Cc1ccccc1. The van der Waals surface area contributed by atoms with Crippen LogP contribution in [0.1, 0.15) is 53.0 Å². The Labute approximate surface area is 145 Å². The van der Waals surface area contributed by atoms with E-state index in [1.54, 1.807) is 0 Å². The van der Waals surface area contributed by atoms with E-state index < -0.39 is 11.7 Å². The lowest BCUT2D eigenvalue weighted by Crippen LogP contribution is -2.55. The number of nitrogens with zero attached hydrogens (tertiary/aromatic N) is 1. The van der Waals surface area contributed by atoms with E-state index in [2.05, 4.69) is 59.9 Å². The van der Waals surface area contributed by atoms with Gasteiger partial charge in [-0.2, -0.15) is 0 Å². The van der Waals surface area contributed by atoms with Crippen LogP contribution in [0, 0.1) is 0 Å². The van der Waals surface area contributed by atoms with Crippen LogP contribution >= 0.6 is 0 Å². The highest BCUT2D eigenvalue weighted by Crippen LogP contribution is 2.25. The summed E-state index contributed by atoms with van der Waals surface area (Å²) in [5, 5.41) is 0. The standard InChI is InChI=1S/C19H31N3O2/c1-14-11-17(20-21-18(23)24-19(3,4)5)12-15(2)22(14)13-16-9-7-6-8-10-16/h6-10,14-15,17,20H,11-13H2,1-5H3,(H,21,23)/t14-,15+,17?. The smallest absolute Gasteiger partial charge is 0.422 e. The summed E-state index contributed by atoms with van der Waals surface area (Å²) in [4.78, 5) is 14.3. The van der Waals surface area contributed by atoms with Gasteiger partial charge in [-0.15, -0.1) is 0 Å².